The van der Waals surface area contributed by atoms with Crippen LogP contribution in [0.4, 0.5) is 5.69 Å². The normalized spacial score (nSPS) is 19.7. The molecule has 1 atom stereocenters. The van der Waals surface area contributed by atoms with Crippen LogP contribution in [-0.4, -0.2) is 54.4 Å². The van der Waals surface area contributed by atoms with Gasteiger partial charge in [-0.15, -0.1) is 0 Å². The third-order valence-corrected chi connectivity index (χ3v) is 5.79. The summed E-state index contributed by atoms with van der Waals surface area (Å²) >= 11 is 0. The van der Waals surface area contributed by atoms with Gasteiger partial charge in [0.05, 0.1) is 24.8 Å². The second kappa shape index (κ2) is 9.31. The minimum absolute atomic E-state index is 0.0350. The van der Waals surface area contributed by atoms with Crippen LogP contribution in [0.3, 0.4) is 0 Å². The molecule has 2 saturated heterocycles. The van der Waals surface area contributed by atoms with Crippen molar-refractivity contribution in [2.45, 2.75) is 38.3 Å². The zero-order valence-electron chi connectivity index (χ0n) is 17.6. The summed E-state index contributed by atoms with van der Waals surface area (Å²) in [6, 6.07) is 15.8. The van der Waals surface area contributed by atoms with Crippen LogP contribution >= 0.6 is 0 Å². The van der Waals surface area contributed by atoms with Gasteiger partial charge in [-0.2, -0.15) is 0 Å². The topological polar surface area (TPSA) is 79.0 Å². The summed E-state index contributed by atoms with van der Waals surface area (Å²) in [5.41, 5.74) is 1.25. The molecule has 1 N–H and O–H groups in total. The Bertz CT molecular complexity index is 937. The predicted molar refractivity (Wildman–Crippen MR) is 117 cm³/mol. The van der Waals surface area contributed by atoms with E-state index in [1.807, 2.05) is 42.2 Å². The first kappa shape index (κ1) is 21.1. The molecule has 2 aromatic carbocycles. The minimum atomic E-state index is -0.527. The highest BCUT2D eigenvalue weighted by Crippen LogP contribution is 2.26. The molecule has 0 unspecified atom stereocenters. The molecule has 2 aliphatic rings. The molecule has 162 valence electrons. The van der Waals surface area contributed by atoms with E-state index >= 15 is 0 Å². The number of carbonyl (C=O) groups excluding carboxylic acids is 3. The Morgan fingerprint density at radius 2 is 1.71 bits per heavy atom. The first-order valence-corrected chi connectivity index (χ1v) is 10.8. The number of benzene rings is 2. The summed E-state index contributed by atoms with van der Waals surface area (Å²) in [6.45, 7) is 3.72. The molecule has 31 heavy (non-hydrogen) atoms. The van der Waals surface area contributed by atoms with Crippen LogP contribution in [0, 0.1) is 0 Å². The summed E-state index contributed by atoms with van der Waals surface area (Å²) in [5, 5.41) is 3.35. The van der Waals surface area contributed by atoms with Gasteiger partial charge in [-0.05, 0) is 56.2 Å². The lowest BCUT2D eigenvalue weighted by atomic mass is 10.0. The Hall–Kier alpha value is -3.19. The smallest absolute Gasteiger partial charge is 0.253 e. The maximum atomic E-state index is 12.9. The lowest BCUT2D eigenvalue weighted by Gasteiger charge is -2.33. The first-order valence-electron chi connectivity index (χ1n) is 10.8. The van der Waals surface area contributed by atoms with Gasteiger partial charge in [0.15, 0.2) is 0 Å². The molecule has 0 aliphatic carbocycles. The van der Waals surface area contributed by atoms with E-state index in [2.05, 4.69) is 5.32 Å². The monoisotopic (exact) mass is 421 g/mol. The van der Waals surface area contributed by atoms with Crippen molar-refractivity contribution in [2.24, 2.45) is 0 Å². The van der Waals surface area contributed by atoms with E-state index in [1.165, 1.54) is 4.90 Å². The molecule has 0 aromatic heterocycles. The van der Waals surface area contributed by atoms with Crippen LogP contribution in [0.15, 0.2) is 54.6 Å². The quantitative estimate of drug-likeness (QED) is 0.726. The highest BCUT2D eigenvalue weighted by Gasteiger charge is 2.40. The Kier molecular flexibility index (Phi) is 6.32. The van der Waals surface area contributed by atoms with Gasteiger partial charge in [0.25, 0.3) is 11.8 Å². The third kappa shape index (κ3) is 4.61. The van der Waals surface area contributed by atoms with Crippen LogP contribution in [0.2, 0.25) is 0 Å². The van der Waals surface area contributed by atoms with Gasteiger partial charge in [-0.25, -0.2) is 4.90 Å². The SMILES string of the molecule is CCOc1ccc(N2C(=O)C[C@H](NC3CCN(C(=O)c4ccccc4)CC3)C2=O)cc1. The number of amides is 3. The van der Waals surface area contributed by atoms with E-state index in [0.29, 0.717) is 36.7 Å². The Morgan fingerprint density at radius 3 is 2.35 bits per heavy atom. The molecule has 0 saturated carbocycles. The maximum Gasteiger partial charge on any atom is 0.253 e. The average molecular weight is 421 g/mol. The molecular formula is C24H27N3O4. The van der Waals surface area contributed by atoms with Gasteiger partial charge >= 0.3 is 0 Å². The molecular weight excluding hydrogens is 394 g/mol. The summed E-state index contributed by atoms with van der Waals surface area (Å²) in [7, 11) is 0. The Balaban J connectivity index is 1.33. The van der Waals surface area contributed by atoms with E-state index in [1.54, 1.807) is 24.3 Å². The van der Waals surface area contributed by atoms with Crippen molar-refractivity contribution in [3.63, 3.8) is 0 Å². The number of nitrogens with zero attached hydrogens (tertiary/aromatic N) is 2. The van der Waals surface area contributed by atoms with Gasteiger partial charge < -0.3 is 15.0 Å². The van der Waals surface area contributed by atoms with Crippen molar-refractivity contribution in [1.82, 2.24) is 10.2 Å². The zero-order chi connectivity index (χ0) is 21.8. The van der Waals surface area contributed by atoms with Crippen LogP contribution in [0.5, 0.6) is 5.75 Å². The number of anilines is 1. The van der Waals surface area contributed by atoms with Gasteiger partial charge in [-0.1, -0.05) is 18.2 Å². The molecule has 7 nitrogen and oxygen atoms in total. The van der Waals surface area contributed by atoms with E-state index in [0.717, 1.165) is 12.8 Å². The fourth-order valence-electron chi connectivity index (χ4n) is 4.19. The van der Waals surface area contributed by atoms with E-state index < -0.39 is 6.04 Å². The van der Waals surface area contributed by atoms with Crippen molar-refractivity contribution in [2.75, 3.05) is 24.6 Å². The van der Waals surface area contributed by atoms with Crippen molar-refractivity contribution < 1.29 is 19.1 Å². The van der Waals surface area contributed by atoms with E-state index in [4.69, 9.17) is 4.74 Å². The summed E-state index contributed by atoms with van der Waals surface area (Å²) in [5.74, 6) is 0.310. The third-order valence-electron chi connectivity index (χ3n) is 5.79. The van der Waals surface area contributed by atoms with E-state index in [9.17, 15) is 14.4 Å². The average Bonchev–Trinajstić information content (AvgIpc) is 3.08. The fraction of sp³-hybridized carbons (Fsp3) is 0.375. The second-order valence-corrected chi connectivity index (χ2v) is 7.85. The number of carbonyl (C=O) groups is 3. The first-order chi connectivity index (χ1) is 15.1. The van der Waals surface area contributed by atoms with Gasteiger partial charge in [0.1, 0.15) is 5.75 Å². The molecule has 2 fully saturated rings. The van der Waals surface area contributed by atoms with Crippen molar-refractivity contribution in [3.8, 4) is 5.75 Å². The number of hydrogen-bond donors (Lipinski definition) is 1. The Morgan fingerprint density at radius 1 is 1.03 bits per heavy atom. The number of imide groups is 1. The molecule has 2 heterocycles. The van der Waals surface area contributed by atoms with Crippen molar-refractivity contribution in [3.05, 3.63) is 60.2 Å². The van der Waals surface area contributed by atoms with Gasteiger partial charge in [-0.3, -0.25) is 14.4 Å². The Labute approximate surface area is 182 Å². The largest absolute Gasteiger partial charge is 0.494 e. The van der Waals surface area contributed by atoms with Crippen LogP contribution in [-0.2, 0) is 9.59 Å². The summed E-state index contributed by atoms with van der Waals surface area (Å²) in [6.07, 6.45) is 1.65. The highest BCUT2D eigenvalue weighted by atomic mass is 16.5. The maximum absolute atomic E-state index is 12.9. The zero-order valence-corrected chi connectivity index (χ0v) is 17.6. The lowest BCUT2D eigenvalue weighted by molar-refractivity contribution is -0.121. The number of piperidine rings is 1. The van der Waals surface area contributed by atoms with Crippen LogP contribution in [0.25, 0.3) is 0 Å². The minimum Gasteiger partial charge on any atom is -0.494 e. The highest BCUT2D eigenvalue weighted by molar-refractivity contribution is 6.22. The van der Waals surface area contributed by atoms with Gasteiger partial charge in [0, 0.05) is 24.7 Å². The number of ether oxygens (including phenoxy) is 1. The van der Waals surface area contributed by atoms with Crippen LogP contribution < -0.4 is 15.0 Å². The number of rotatable bonds is 6. The van der Waals surface area contributed by atoms with Crippen LogP contribution in [0.1, 0.15) is 36.5 Å². The number of likely N-dealkylation sites (tertiary alicyclic amines) is 1. The molecule has 3 amide bonds. The van der Waals surface area contributed by atoms with E-state index in [-0.39, 0.29) is 30.2 Å². The molecule has 4 rings (SSSR count). The van der Waals surface area contributed by atoms with Crippen molar-refractivity contribution in [1.29, 1.82) is 0 Å². The summed E-state index contributed by atoms with van der Waals surface area (Å²) in [4.78, 5) is 41.1. The summed E-state index contributed by atoms with van der Waals surface area (Å²) < 4.78 is 5.42. The molecule has 7 heteroatoms. The lowest BCUT2D eigenvalue weighted by Crippen LogP contribution is -2.49. The van der Waals surface area contributed by atoms with Crippen molar-refractivity contribution >= 4 is 23.4 Å². The number of hydrogen-bond acceptors (Lipinski definition) is 5. The molecule has 0 radical (unpaired) electrons. The number of nitrogens with one attached hydrogen (secondary N) is 1. The second-order valence-electron chi connectivity index (χ2n) is 7.85. The molecule has 2 aromatic rings. The van der Waals surface area contributed by atoms with Gasteiger partial charge in [0.2, 0.25) is 5.91 Å². The molecule has 0 spiro atoms. The molecule has 2 aliphatic heterocycles. The molecule has 0 bridgehead atoms. The standard InChI is InChI=1S/C24H27N3O4/c1-2-31-20-10-8-19(9-11-20)27-22(28)16-21(24(27)30)25-18-12-14-26(15-13-18)23(29)17-6-4-3-5-7-17/h3-11,18,21,25H,2,12-16H2,1H3/t21-/m0/s1. The fourth-order valence-corrected chi connectivity index (χ4v) is 4.19. The predicted octanol–water partition coefficient (Wildman–Crippen LogP) is 2.61.